The number of ketones is 1. The van der Waals surface area contributed by atoms with Gasteiger partial charge in [-0.15, -0.1) is 0 Å². The number of likely N-dealkylation sites (tertiary alicyclic amines) is 1. The van der Waals surface area contributed by atoms with Gasteiger partial charge in [-0.1, -0.05) is 72.8 Å². The molecule has 1 aliphatic heterocycles. The van der Waals surface area contributed by atoms with E-state index in [4.69, 9.17) is 9.47 Å². The zero-order valence-electron chi connectivity index (χ0n) is 23.0. The van der Waals surface area contributed by atoms with Gasteiger partial charge in [0.05, 0.1) is 11.8 Å². The van der Waals surface area contributed by atoms with Gasteiger partial charge >= 0.3 is 5.97 Å². The summed E-state index contributed by atoms with van der Waals surface area (Å²) >= 11 is 0. The van der Waals surface area contributed by atoms with Crippen molar-refractivity contribution in [2.45, 2.75) is 25.5 Å². The zero-order valence-corrected chi connectivity index (χ0v) is 23.0. The third kappa shape index (κ3) is 4.73. The molecule has 5 aliphatic rings. The molecule has 0 radical (unpaired) electrons. The van der Waals surface area contributed by atoms with Crippen molar-refractivity contribution in [2.75, 3.05) is 6.61 Å². The molecule has 2 amide bonds. The van der Waals surface area contributed by atoms with Crippen molar-refractivity contribution in [3.8, 4) is 5.75 Å². The van der Waals surface area contributed by atoms with Crippen molar-refractivity contribution < 1.29 is 28.7 Å². The van der Waals surface area contributed by atoms with Crippen LogP contribution >= 0.6 is 0 Å². The summed E-state index contributed by atoms with van der Waals surface area (Å²) in [6, 6.07) is 24.6. The standard InChI is InChI=1S/C35H31NO6/c37-30(23-11-13-24(14-12-23)41-19-22-9-5-2-6-10-22)20-42-35(40)29(17-21-7-3-1-4-8-21)36-33(38)31-25-15-16-26(28-18-27(25)28)32(31)34(36)39/h1-16,25-29,31-32H,17-20H2/t25-,26-,27-,28-,29-,31-,32+/m1/s1. The number of benzene rings is 3. The van der Waals surface area contributed by atoms with Crippen LogP contribution in [0.4, 0.5) is 0 Å². The largest absolute Gasteiger partial charge is 0.489 e. The summed E-state index contributed by atoms with van der Waals surface area (Å²) in [7, 11) is 0. The molecule has 1 heterocycles. The van der Waals surface area contributed by atoms with E-state index in [-0.39, 0.29) is 35.9 Å². The monoisotopic (exact) mass is 561 g/mol. The van der Waals surface area contributed by atoms with Crippen molar-refractivity contribution in [3.63, 3.8) is 0 Å². The van der Waals surface area contributed by atoms with E-state index in [1.165, 1.54) is 0 Å². The van der Waals surface area contributed by atoms with Crippen LogP contribution in [0.25, 0.3) is 0 Å². The number of carbonyl (C=O) groups is 4. The highest BCUT2D eigenvalue weighted by molar-refractivity contribution is 6.09. The van der Waals surface area contributed by atoms with E-state index in [9.17, 15) is 19.2 Å². The van der Waals surface area contributed by atoms with Crippen molar-refractivity contribution in [3.05, 3.63) is 114 Å². The molecule has 8 rings (SSSR count). The fraction of sp³-hybridized carbons (Fsp3) is 0.314. The van der Waals surface area contributed by atoms with Crippen LogP contribution in [0.15, 0.2) is 97.1 Å². The van der Waals surface area contributed by atoms with Gasteiger partial charge in [0.2, 0.25) is 11.8 Å². The number of Topliss-reactive ketones (excluding diaryl/α,β-unsaturated/α-hetero) is 1. The first-order valence-electron chi connectivity index (χ1n) is 14.6. The SMILES string of the molecule is O=C(COC(=O)[C@@H](Cc1ccccc1)N1C(=O)[C@@H]2[C@@H]3C=C[C@H]([C@H]4C[C@H]34)[C@@H]2C1=O)c1ccc(OCc2ccccc2)cc1. The van der Waals surface area contributed by atoms with Crippen molar-refractivity contribution in [1.82, 2.24) is 4.90 Å². The van der Waals surface area contributed by atoms with Crippen LogP contribution in [0.1, 0.15) is 27.9 Å². The van der Waals surface area contributed by atoms with Gasteiger partial charge in [0, 0.05) is 12.0 Å². The molecule has 7 nitrogen and oxygen atoms in total. The molecule has 7 heteroatoms. The lowest BCUT2D eigenvalue weighted by Crippen LogP contribution is -2.48. The second kappa shape index (κ2) is 10.7. The Morgan fingerprint density at radius 3 is 1.93 bits per heavy atom. The van der Waals surface area contributed by atoms with Crippen LogP contribution in [-0.4, -0.2) is 41.1 Å². The average Bonchev–Trinajstić information content (AvgIpc) is 3.81. The average molecular weight is 562 g/mol. The molecule has 4 aliphatic carbocycles. The minimum Gasteiger partial charge on any atom is -0.489 e. The van der Waals surface area contributed by atoms with Gasteiger partial charge in [-0.25, -0.2) is 4.79 Å². The highest BCUT2D eigenvalue weighted by atomic mass is 16.5. The molecular formula is C35H31NO6. The molecule has 42 heavy (non-hydrogen) atoms. The summed E-state index contributed by atoms with van der Waals surface area (Å²) < 4.78 is 11.3. The Hall–Kier alpha value is -4.52. The number of hydrogen-bond acceptors (Lipinski definition) is 6. The van der Waals surface area contributed by atoms with Crippen LogP contribution in [0.2, 0.25) is 0 Å². The van der Waals surface area contributed by atoms with Crippen LogP contribution in [0.5, 0.6) is 5.75 Å². The van der Waals surface area contributed by atoms with E-state index < -0.39 is 30.5 Å². The predicted octanol–water partition coefficient (Wildman–Crippen LogP) is 4.66. The van der Waals surface area contributed by atoms with Gasteiger partial charge in [0.1, 0.15) is 18.4 Å². The normalized spacial score (nSPS) is 27.3. The van der Waals surface area contributed by atoms with Crippen molar-refractivity contribution >= 4 is 23.6 Å². The van der Waals surface area contributed by atoms with Gasteiger partial charge < -0.3 is 9.47 Å². The van der Waals surface area contributed by atoms with Crippen molar-refractivity contribution in [1.29, 1.82) is 0 Å². The first-order chi connectivity index (χ1) is 20.5. The number of carbonyl (C=O) groups excluding carboxylic acids is 4. The summed E-state index contributed by atoms with van der Waals surface area (Å²) in [5.41, 5.74) is 2.21. The molecule has 7 atom stereocenters. The van der Waals surface area contributed by atoms with E-state index in [0.29, 0.717) is 29.8 Å². The molecule has 0 unspecified atom stereocenters. The first-order valence-corrected chi connectivity index (χ1v) is 14.6. The fourth-order valence-corrected chi connectivity index (χ4v) is 7.20. The Morgan fingerprint density at radius 2 is 1.33 bits per heavy atom. The molecule has 3 aromatic carbocycles. The van der Waals surface area contributed by atoms with E-state index in [2.05, 4.69) is 12.2 Å². The summed E-state index contributed by atoms with van der Waals surface area (Å²) in [5.74, 6) is -0.873. The van der Waals surface area contributed by atoms with Gasteiger partial charge in [0.15, 0.2) is 12.4 Å². The Balaban J connectivity index is 1.04. The third-order valence-electron chi connectivity index (χ3n) is 9.32. The number of imide groups is 1. The van der Waals surface area contributed by atoms with Crippen LogP contribution in [0.3, 0.4) is 0 Å². The lowest BCUT2D eigenvalue weighted by atomic mass is 9.63. The molecule has 1 saturated heterocycles. The van der Waals surface area contributed by atoms with Crippen LogP contribution in [0, 0.1) is 35.5 Å². The Kier molecular flexibility index (Phi) is 6.73. The van der Waals surface area contributed by atoms with Gasteiger partial charge in [-0.2, -0.15) is 0 Å². The van der Waals surface area contributed by atoms with Crippen molar-refractivity contribution in [2.24, 2.45) is 35.5 Å². The summed E-state index contributed by atoms with van der Waals surface area (Å²) in [6.45, 7) is -0.0859. The molecule has 0 spiro atoms. The highest BCUT2D eigenvalue weighted by Crippen LogP contribution is 2.65. The highest BCUT2D eigenvalue weighted by Gasteiger charge is 2.68. The number of esters is 1. The maximum atomic E-state index is 13.8. The molecule has 2 bridgehead atoms. The smallest absolute Gasteiger partial charge is 0.330 e. The molecular weight excluding hydrogens is 530 g/mol. The number of hydrogen-bond donors (Lipinski definition) is 0. The van der Waals surface area contributed by atoms with E-state index >= 15 is 0 Å². The van der Waals surface area contributed by atoms with Crippen LogP contribution in [-0.2, 0) is 32.1 Å². The Bertz CT molecular complexity index is 1510. The number of nitrogens with zero attached hydrogens (tertiary/aromatic N) is 1. The Morgan fingerprint density at radius 1 is 0.762 bits per heavy atom. The minimum atomic E-state index is -1.13. The summed E-state index contributed by atoms with van der Waals surface area (Å²) in [5, 5.41) is 0. The van der Waals surface area contributed by atoms with E-state index in [1.54, 1.807) is 24.3 Å². The molecule has 2 saturated carbocycles. The first kappa shape index (κ1) is 26.4. The molecule has 0 N–H and O–H groups in total. The lowest BCUT2D eigenvalue weighted by Gasteiger charge is -2.37. The van der Waals surface area contributed by atoms with Gasteiger partial charge in [-0.3, -0.25) is 19.3 Å². The molecule has 3 fully saturated rings. The third-order valence-corrected chi connectivity index (χ3v) is 9.32. The van der Waals surface area contributed by atoms with E-state index in [1.807, 2.05) is 60.7 Å². The maximum absolute atomic E-state index is 13.8. The van der Waals surface area contributed by atoms with E-state index in [0.717, 1.165) is 22.4 Å². The zero-order chi connectivity index (χ0) is 28.8. The quantitative estimate of drug-likeness (QED) is 0.155. The minimum absolute atomic E-state index is 0.0565. The number of ether oxygens (including phenoxy) is 2. The Labute approximate surface area is 244 Å². The lowest BCUT2D eigenvalue weighted by molar-refractivity contribution is -0.158. The van der Waals surface area contributed by atoms with Crippen LogP contribution < -0.4 is 4.74 Å². The molecule has 212 valence electrons. The molecule has 0 aromatic heterocycles. The van der Waals surface area contributed by atoms with Gasteiger partial charge in [-0.05, 0) is 65.5 Å². The predicted molar refractivity (Wildman–Crippen MR) is 153 cm³/mol. The number of allylic oxidation sites excluding steroid dienone is 2. The second-order valence-corrected chi connectivity index (χ2v) is 11.7. The summed E-state index contributed by atoms with van der Waals surface area (Å²) in [6.07, 6.45) is 5.41. The second-order valence-electron chi connectivity index (χ2n) is 11.7. The fourth-order valence-electron chi connectivity index (χ4n) is 7.20. The number of rotatable bonds is 10. The summed E-state index contributed by atoms with van der Waals surface area (Å²) in [4.78, 5) is 55.2. The molecule has 3 aromatic rings. The van der Waals surface area contributed by atoms with Gasteiger partial charge in [0.25, 0.3) is 0 Å². The number of amides is 2. The topological polar surface area (TPSA) is 90.0 Å². The maximum Gasteiger partial charge on any atom is 0.330 e.